The third kappa shape index (κ3) is 4.93. The average Bonchev–Trinajstić information content (AvgIpc) is 3.35. The molecule has 4 rings (SSSR count). The molecule has 8 heteroatoms. The molecule has 1 aliphatic heterocycles. The summed E-state index contributed by atoms with van der Waals surface area (Å²) in [5.41, 5.74) is 2.79. The van der Waals surface area contributed by atoms with Gasteiger partial charge in [0.1, 0.15) is 0 Å². The molecular formula is C24H21Cl2N3O2S. The number of carbonyl (C=O) groups excluding carboxylic acids is 2. The van der Waals surface area contributed by atoms with E-state index in [0.29, 0.717) is 38.1 Å². The smallest absolute Gasteiger partial charge is 0.257 e. The predicted molar refractivity (Wildman–Crippen MR) is 131 cm³/mol. The molecule has 5 nitrogen and oxygen atoms in total. The number of halogens is 2. The van der Waals surface area contributed by atoms with Gasteiger partial charge in [-0.2, -0.15) is 0 Å². The van der Waals surface area contributed by atoms with Gasteiger partial charge in [0.05, 0.1) is 26.9 Å². The molecule has 32 heavy (non-hydrogen) atoms. The maximum absolute atomic E-state index is 12.7. The van der Waals surface area contributed by atoms with Crippen molar-refractivity contribution in [1.29, 1.82) is 0 Å². The number of hydrogen-bond donors (Lipinski definition) is 1. The second kappa shape index (κ2) is 9.94. The number of benzene rings is 2. The minimum absolute atomic E-state index is 0.00182. The minimum Gasteiger partial charge on any atom is -0.339 e. The van der Waals surface area contributed by atoms with Crippen molar-refractivity contribution in [3.05, 3.63) is 75.9 Å². The number of thioether (sulfide) groups is 1. The van der Waals surface area contributed by atoms with E-state index in [1.165, 1.54) is 0 Å². The summed E-state index contributed by atoms with van der Waals surface area (Å²) in [6.07, 6.45) is 5.60. The van der Waals surface area contributed by atoms with Gasteiger partial charge in [-0.3, -0.25) is 14.6 Å². The van der Waals surface area contributed by atoms with E-state index in [-0.39, 0.29) is 11.8 Å². The van der Waals surface area contributed by atoms with Crippen LogP contribution in [0, 0.1) is 0 Å². The third-order valence-electron chi connectivity index (χ3n) is 5.32. The number of nitrogens with one attached hydrogen (secondary N) is 1. The van der Waals surface area contributed by atoms with E-state index in [4.69, 9.17) is 23.2 Å². The maximum Gasteiger partial charge on any atom is 0.257 e. The zero-order valence-electron chi connectivity index (χ0n) is 17.4. The van der Waals surface area contributed by atoms with Crippen LogP contribution in [0.5, 0.6) is 0 Å². The Kier molecular flexibility index (Phi) is 7.04. The second-order valence-corrected chi connectivity index (χ2v) is 9.12. The van der Waals surface area contributed by atoms with Crippen molar-refractivity contribution < 1.29 is 9.59 Å². The monoisotopic (exact) mass is 485 g/mol. The number of rotatable bonds is 5. The van der Waals surface area contributed by atoms with Crippen molar-refractivity contribution in [2.75, 3.05) is 24.7 Å². The Balaban J connectivity index is 1.53. The molecule has 0 spiro atoms. The summed E-state index contributed by atoms with van der Waals surface area (Å²) in [5, 5.41) is 3.75. The number of amides is 2. The van der Waals surface area contributed by atoms with Crippen molar-refractivity contribution in [3.8, 4) is 11.3 Å². The van der Waals surface area contributed by atoms with E-state index in [2.05, 4.69) is 10.3 Å². The lowest BCUT2D eigenvalue weighted by Crippen LogP contribution is -2.27. The molecule has 0 bridgehead atoms. The van der Waals surface area contributed by atoms with Crippen LogP contribution in [0.25, 0.3) is 11.3 Å². The van der Waals surface area contributed by atoms with Crippen LogP contribution in [0.4, 0.5) is 5.69 Å². The topological polar surface area (TPSA) is 62.3 Å². The second-order valence-electron chi connectivity index (χ2n) is 7.43. The van der Waals surface area contributed by atoms with Gasteiger partial charge in [0.15, 0.2) is 0 Å². The summed E-state index contributed by atoms with van der Waals surface area (Å²) in [6.45, 7) is 1.58. The first-order chi connectivity index (χ1) is 15.5. The Bertz CT molecular complexity index is 1160. The fraction of sp³-hybridized carbons (Fsp3) is 0.208. The SMILES string of the molecule is CSc1ccc(C(=O)Nc2ccc(Cl)c(-c3ccc(C(=O)N4CCCC4)cn3)c2)c(Cl)c1. The van der Waals surface area contributed by atoms with E-state index in [1.54, 1.807) is 60.4 Å². The molecule has 1 N–H and O–H groups in total. The van der Waals surface area contributed by atoms with Gasteiger partial charge in [-0.1, -0.05) is 23.2 Å². The fourth-order valence-corrected chi connectivity index (χ4v) is 4.57. The van der Waals surface area contributed by atoms with Gasteiger partial charge in [0.2, 0.25) is 0 Å². The Morgan fingerprint density at radius 2 is 1.78 bits per heavy atom. The molecular weight excluding hydrogens is 465 g/mol. The average molecular weight is 486 g/mol. The first-order valence-electron chi connectivity index (χ1n) is 10.2. The third-order valence-corrected chi connectivity index (χ3v) is 6.69. The predicted octanol–water partition coefficient (Wildman–Crippen LogP) is 6.27. The van der Waals surface area contributed by atoms with Crippen LogP contribution in [0.15, 0.2) is 59.6 Å². The highest BCUT2D eigenvalue weighted by molar-refractivity contribution is 7.98. The van der Waals surface area contributed by atoms with E-state index in [1.807, 2.05) is 17.2 Å². The van der Waals surface area contributed by atoms with Crippen LogP contribution >= 0.6 is 35.0 Å². The van der Waals surface area contributed by atoms with Crippen LogP contribution in [0.2, 0.25) is 10.0 Å². The largest absolute Gasteiger partial charge is 0.339 e. The first-order valence-corrected chi connectivity index (χ1v) is 12.1. The van der Waals surface area contributed by atoms with E-state index >= 15 is 0 Å². The molecule has 0 aliphatic carbocycles. The van der Waals surface area contributed by atoms with Crippen LogP contribution < -0.4 is 5.32 Å². The van der Waals surface area contributed by atoms with Crippen molar-refractivity contribution in [2.24, 2.45) is 0 Å². The zero-order valence-corrected chi connectivity index (χ0v) is 19.7. The molecule has 0 atom stereocenters. The number of likely N-dealkylation sites (tertiary alicyclic amines) is 1. The summed E-state index contributed by atoms with van der Waals surface area (Å²) in [5.74, 6) is -0.312. The number of carbonyl (C=O) groups is 2. The Labute approximate surface area is 201 Å². The van der Waals surface area contributed by atoms with Crippen LogP contribution in [0.1, 0.15) is 33.6 Å². The summed E-state index contributed by atoms with van der Waals surface area (Å²) >= 11 is 14.2. The van der Waals surface area contributed by atoms with Gasteiger partial charge < -0.3 is 10.2 Å². The Morgan fingerprint density at radius 1 is 1.00 bits per heavy atom. The van der Waals surface area contributed by atoms with Crippen molar-refractivity contribution in [1.82, 2.24) is 9.88 Å². The molecule has 3 aromatic rings. The fourth-order valence-electron chi connectivity index (χ4n) is 3.59. The number of anilines is 1. The van der Waals surface area contributed by atoms with Crippen molar-refractivity contribution in [2.45, 2.75) is 17.7 Å². The van der Waals surface area contributed by atoms with Gasteiger partial charge in [-0.15, -0.1) is 11.8 Å². The first kappa shape index (κ1) is 22.6. The molecule has 1 aromatic heterocycles. The summed E-state index contributed by atoms with van der Waals surface area (Å²) in [7, 11) is 0. The lowest BCUT2D eigenvalue weighted by molar-refractivity contribution is 0.0792. The summed E-state index contributed by atoms with van der Waals surface area (Å²) in [6, 6.07) is 14.0. The van der Waals surface area contributed by atoms with E-state index in [0.717, 1.165) is 30.8 Å². The molecule has 0 unspecified atom stereocenters. The molecule has 2 aromatic carbocycles. The molecule has 2 amide bonds. The van der Waals surface area contributed by atoms with Gasteiger partial charge in [0.25, 0.3) is 11.8 Å². The van der Waals surface area contributed by atoms with E-state index < -0.39 is 0 Å². The summed E-state index contributed by atoms with van der Waals surface area (Å²) in [4.78, 5) is 32.5. The molecule has 2 heterocycles. The van der Waals surface area contributed by atoms with Crippen molar-refractivity contribution in [3.63, 3.8) is 0 Å². The highest BCUT2D eigenvalue weighted by atomic mass is 35.5. The lowest BCUT2D eigenvalue weighted by Gasteiger charge is -2.15. The molecule has 1 fully saturated rings. The normalized spacial score (nSPS) is 13.3. The minimum atomic E-state index is -0.310. The van der Waals surface area contributed by atoms with Crippen molar-refractivity contribution >= 4 is 52.5 Å². The molecule has 164 valence electrons. The molecule has 1 aliphatic rings. The number of hydrogen-bond acceptors (Lipinski definition) is 4. The van der Waals surface area contributed by atoms with Gasteiger partial charge >= 0.3 is 0 Å². The lowest BCUT2D eigenvalue weighted by atomic mass is 10.1. The highest BCUT2D eigenvalue weighted by Gasteiger charge is 2.20. The van der Waals surface area contributed by atoms with E-state index in [9.17, 15) is 9.59 Å². The molecule has 1 saturated heterocycles. The maximum atomic E-state index is 12.7. The van der Waals surface area contributed by atoms with Crippen LogP contribution in [-0.4, -0.2) is 41.0 Å². The number of pyridine rings is 1. The van der Waals surface area contributed by atoms with Gasteiger partial charge in [0, 0.05) is 35.4 Å². The summed E-state index contributed by atoms with van der Waals surface area (Å²) < 4.78 is 0. The molecule has 0 saturated carbocycles. The number of nitrogens with zero attached hydrogens (tertiary/aromatic N) is 2. The molecule has 0 radical (unpaired) electrons. The zero-order chi connectivity index (χ0) is 22.7. The Morgan fingerprint density at radius 3 is 2.44 bits per heavy atom. The van der Waals surface area contributed by atoms with Gasteiger partial charge in [-0.25, -0.2) is 0 Å². The number of aromatic nitrogens is 1. The van der Waals surface area contributed by atoms with Crippen LogP contribution in [-0.2, 0) is 0 Å². The van der Waals surface area contributed by atoms with Crippen LogP contribution in [0.3, 0.4) is 0 Å². The van der Waals surface area contributed by atoms with Gasteiger partial charge in [-0.05, 0) is 67.6 Å². The Hall–Kier alpha value is -2.54. The quantitative estimate of drug-likeness (QED) is 0.432. The standard InChI is InChI=1S/C24H21Cl2N3O2S/c1-32-17-6-7-18(21(26)13-17)23(30)28-16-5-8-20(25)19(12-16)22-9-4-15(14-27-22)24(31)29-10-2-3-11-29/h4-9,12-14H,2-3,10-11H2,1H3,(H,28,30). The highest BCUT2D eigenvalue weighted by Crippen LogP contribution is 2.30.